The van der Waals surface area contributed by atoms with Crippen molar-refractivity contribution in [3.05, 3.63) is 42.0 Å². The third kappa shape index (κ3) is 5.03. The molecule has 1 aliphatic rings. The molecule has 1 aromatic heterocycles. The number of rotatable bonds is 6. The van der Waals surface area contributed by atoms with Crippen molar-refractivity contribution in [1.82, 2.24) is 25.2 Å². The summed E-state index contributed by atoms with van der Waals surface area (Å²) in [6.07, 6.45) is 2.27. The van der Waals surface area contributed by atoms with Crippen molar-refractivity contribution in [1.29, 1.82) is 0 Å². The van der Waals surface area contributed by atoms with Crippen LogP contribution in [0.4, 0.5) is 4.39 Å². The van der Waals surface area contributed by atoms with Gasteiger partial charge in [-0.25, -0.2) is 9.07 Å². The number of amides is 2. The molecule has 1 aliphatic heterocycles. The highest BCUT2D eigenvalue weighted by atomic mass is 19.1. The van der Waals surface area contributed by atoms with E-state index in [9.17, 15) is 14.0 Å². The number of carbonyl (C=O) groups excluding carboxylic acids is 2. The summed E-state index contributed by atoms with van der Waals surface area (Å²) in [7, 11) is 1.58. The number of ether oxygens (including phenoxy) is 1. The van der Waals surface area contributed by atoms with E-state index < -0.39 is 23.3 Å². The van der Waals surface area contributed by atoms with Gasteiger partial charge in [-0.15, -0.1) is 5.10 Å². The second-order valence-electron chi connectivity index (χ2n) is 9.14. The van der Waals surface area contributed by atoms with Gasteiger partial charge in [0.15, 0.2) is 11.6 Å². The molecule has 9 heteroatoms. The van der Waals surface area contributed by atoms with Gasteiger partial charge in [0, 0.05) is 13.6 Å². The fourth-order valence-electron chi connectivity index (χ4n) is 3.96. The van der Waals surface area contributed by atoms with Crippen molar-refractivity contribution >= 4 is 11.8 Å². The number of likely N-dealkylation sites (N-methyl/N-ethyl adjacent to an activating group) is 1. The number of likely N-dealkylation sites (tertiary alicyclic amines) is 1. The molecular formula is C22H30FN5O3. The average Bonchev–Trinajstić information content (AvgIpc) is 3.32. The Kier molecular flexibility index (Phi) is 6.62. The van der Waals surface area contributed by atoms with Crippen molar-refractivity contribution < 1.29 is 18.7 Å². The van der Waals surface area contributed by atoms with Gasteiger partial charge in [-0.2, -0.15) is 0 Å². The first-order chi connectivity index (χ1) is 14.6. The monoisotopic (exact) mass is 431 g/mol. The molecule has 3 atom stereocenters. The van der Waals surface area contributed by atoms with E-state index in [1.54, 1.807) is 30.3 Å². The van der Waals surface area contributed by atoms with Gasteiger partial charge >= 0.3 is 0 Å². The van der Waals surface area contributed by atoms with E-state index in [1.165, 1.54) is 16.8 Å². The fraction of sp³-hybridized carbons (Fsp3) is 0.545. The summed E-state index contributed by atoms with van der Waals surface area (Å²) in [6, 6.07) is 4.98. The number of benzene rings is 1. The van der Waals surface area contributed by atoms with Crippen LogP contribution in [0.1, 0.15) is 45.9 Å². The van der Waals surface area contributed by atoms with Crippen molar-refractivity contribution in [3.8, 4) is 5.75 Å². The maximum absolute atomic E-state index is 13.8. The smallest absolute Gasteiger partial charge is 0.248 e. The highest BCUT2D eigenvalue weighted by Gasteiger charge is 2.44. The van der Waals surface area contributed by atoms with Crippen LogP contribution in [-0.2, 0) is 16.2 Å². The first-order valence-electron chi connectivity index (χ1n) is 10.4. The predicted octanol–water partition coefficient (Wildman–Crippen LogP) is 2.57. The summed E-state index contributed by atoms with van der Waals surface area (Å²) in [4.78, 5) is 27.6. The fourth-order valence-corrected chi connectivity index (χ4v) is 3.96. The average molecular weight is 432 g/mol. The zero-order valence-corrected chi connectivity index (χ0v) is 18.6. The number of aromatic nitrogens is 3. The lowest BCUT2D eigenvalue weighted by Gasteiger charge is -2.34. The second kappa shape index (κ2) is 9.03. The molecule has 0 bridgehead atoms. The van der Waals surface area contributed by atoms with Crippen LogP contribution < -0.4 is 10.1 Å². The van der Waals surface area contributed by atoms with Gasteiger partial charge in [0.05, 0.1) is 6.20 Å². The number of hydrogen-bond acceptors (Lipinski definition) is 5. The standard InChI is InChI=1S/C22H30FN5O3/c1-14-10-17(20(29)24-5)27(11-14)21(30)19(22(2,3)4)28-12-15(25-26-28)13-31-18-9-7-6-8-16(18)23/h6-9,12,14,17,19H,10-11,13H2,1-5H3,(H,24,29). The van der Waals surface area contributed by atoms with Crippen molar-refractivity contribution in [2.45, 2.75) is 52.8 Å². The Morgan fingerprint density at radius 1 is 1.32 bits per heavy atom. The minimum Gasteiger partial charge on any atom is -0.484 e. The van der Waals surface area contributed by atoms with Gasteiger partial charge < -0.3 is 15.0 Å². The molecule has 1 N–H and O–H groups in total. The molecule has 1 aromatic carbocycles. The summed E-state index contributed by atoms with van der Waals surface area (Å²) in [5.74, 6) is -0.437. The molecule has 1 saturated heterocycles. The third-order valence-electron chi connectivity index (χ3n) is 5.43. The van der Waals surface area contributed by atoms with E-state index in [-0.39, 0.29) is 30.1 Å². The molecule has 0 saturated carbocycles. The van der Waals surface area contributed by atoms with Crippen LogP contribution in [0, 0.1) is 17.2 Å². The minimum atomic E-state index is -0.653. The number of nitrogens with one attached hydrogen (secondary N) is 1. The van der Waals surface area contributed by atoms with E-state index in [2.05, 4.69) is 15.6 Å². The van der Waals surface area contributed by atoms with E-state index in [1.807, 2.05) is 27.7 Å². The van der Waals surface area contributed by atoms with Crippen LogP contribution in [0.15, 0.2) is 30.5 Å². The van der Waals surface area contributed by atoms with E-state index >= 15 is 0 Å². The third-order valence-corrected chi connectivity index (χ3v) is 5.43. The molecule has 2 amide bonds. The maximum atomic E-state index is 13.8. The summed E-state index contributed by atoms with van der Waals surface area (Å²) >= 11 is 0. The van der Waals surface area contributed by atoms with Gasteiger partial charge in [0.2, 0.25) is 11.8 Å². The van der Waals surface area contributed by atoms with Crippen LogP contribution >= 0.6 is 0 Å². The normalized spacial score (nSPS) is 19.9. The molecule has 0 spiro atoms. The molecule has 2 aromatic rings. The van der Waals surface area contributed by atoms with Crippen LogP contribution in [0.25, 0.3) is 0 Å². The molecule has 0 radical (unpaired) electrons. The summed E-state index contributed by atoms with van der Waals surface area (Å²) in [6.45, 7) is 8.40. The topological polar surface area (TPSA) is 89.4 Å². The van der Waals surface area contributed by atoms with Crippen LogP contribution in [0.5, 0.6) is 5.75 Å². The predicted molar refractivity (Wildman–Crippen MR) is 113 cm³/mol. The number of halogens is 1. The van der Waals surface area contributed by atoms with Crippen molar-refractivity contribution in [2.24, 2.45) is 11.3 Å². The highest BCUT2D eigenvalue weighted by molar-refractivity contribution is 5.90. The summed E-state index contributed by atoms with van der Waals surface area (Å²) < 4.78 is 20.8. The lowest BCUT2D eigenvalue weighted by atomic mass is 9.85. The Balaban J connectivity index is 1.81. The molecule has 8 nitrogen and oxygen atoms in total. The van der Waals surface area contributed by atoms with Crippen LogP contribution in [-0.4, -0.2) is 51.3 Å². The molecule has 31 heavy (non-hydrogen) atoms. The van der Waals surface area contributed by atoms with Gasteiger partial charge in [-0.1, -0.05) is 45.0 Å². The molecule has 168 valence electrons. The molecule has 0 aliphatic carbocycles. The Labute approximate surface area is 181 Å². The first kappa shape index (κ1) is 22.7. The second-order valence-corrected chi connectivity index (χ2v) is 9.14. The molecule has 3 unspecified atom stereocenters. The van der Waals surface area contributed by atoms with Gasteiger partial charge in [0.25, 0.3) is 0 Å². The van der Waals surface area contributed by atoms with Crippen molar-refractivity contribution in [2.75, 3.05) is 13.6 Å². The maximum Gasteiger partial charge on any atom is 0.248 e. The largest absolute Gasteiger partial charge is 0.484 e. The van der Waals surface area contributed by atoms with E-state index in [4.69, 9.17) is 4.74 Å². The van der Waals surface area contributed by atoms with E-state index in [0.29, 0.717) is 18.7 Å². The van der Waals surface area contributed by atoms with Gasteiger partial charge in [0.1, 0.15) is 24.4 Å². The van der Waals surface area contributed by atoms with Gasteiger partial charge in [-0.3, -0.25) is 9.59 Å². The number of para-hydroxylation sites is 1. The van der Waals surface area contributed by atoms with Crippen molar-refractivity contribution in [3.63, 3.8) is 0 Å². The van der Waals surface area contributed by atoms with E-state index in [0.717, 1.165) is 0 Å². The zero-order valence-electron chi connectivity index (χ0n) is 18.6. The molecule has 2 heterocycles. The van der Waals surface area contributed by atoms with Crippen LogP contribution in [0.3, 0.4) is 0 Å². The Morgan fingerprint density at radius 2 is 2.03 bits per heavy atom. The molecule has 1 fully saturated rings. The highest BCUT2D eigenvalue weighted by Crippen LogP contribution is 2.35. The SMILES string of the molecule is CNC(=O)C1CC(C)CN1C(=O)C(n1cc(COc2ccccc2F)nn1)C(C)(C)C. The number of nitrogens with zero attached hydrogens (tertiary/aromatic N) is 4. The Morgan fingerprint density at radius 3 is 2.68 bits per heavy atom. The molecule has 3 rings (SSSR count). The van der Waals surface area contributed by atoms with Crippen LogP contribution in [0.2, 0.25) is 0 Å². The first-order valence-corrected chi connectivity index (χ1v) is 10.4. The number of hydrogen-bond donors (Lipinski definition) is 1. The van der Waals surface area contributed by atoms with Gasteiger partial charge in [-0.05, 0) is 29.9 Å². The quantitative estimate of drug-likeness (QED) is 0.759. The Bertz CT molecular complexity index is 939. The zero-order chi connectivity index (χ0) is 22.8. The summed E-state index contributed by atoms with van der Waals surface area (Å²) in [5.41, 5.74) is -0.00370. The minimum absolute atomic E-state index is 0.0214. The number of carbonyl (C=O) groups is 2. The summed E-state index contributed by atoms with van der Waals surface area (Å²) in [5, 5.41) is 10.9. The lowest BCUT2D eigenvalue weighted by Crippen LogP contribution is -2.49. The Hall–Kier alpha value is -2.97. The lowest BCUT2D eigenvalue weighted by molar-refractivity contribution is -0.143. The molecular weight excluding hydrogens is 401 g/mol.